The molecule has 4 heterocycles. The molecule has 3 aromatic heterocycles. The molecule has 0 aromatic carbocycles. The molecule has 0 atom stereocenters. The van der Waals surface area contributed by atoms with Gasteiger partial charge in [-0.15, -0.1) is 0 Å². The minimum Gasteiger partial charge on any atom is -0.370 e. The van der Waals surface area contributed by atoms with Gasteiger partial charge in [0.15, 0.2) is 0 Å². The summed E-state index contributed by atoms with van der Waals surface area (Å²) < 4.78 is 0. The van der Waals surface area contributed by atoms with Gasteiger partial charge in [0.2, 0.25) is 0 Å². The Bertz CT molecular complexity index is 759. The Balaban J connectivity index is 1.86. The largest absolute Gasteiger partial charge is 0.370 e. The van der Waals surface area contributed by atoms with Crippen LogP contribution in [0.1, 0.15) is 6.42 Å². The fraction of sp³-hybridized carbons (Fsp3) is 0.312. The Morgan fingerprint density at radius 1 is 1.05 bits per heavy atom. The fourth-order valence-corrected chi connectivity index (χ4v) is 3.07. The lowest BCUT2D eigenvalue weighted by atomic mass is 10.1. The van der Waals surface area contributed by atoms with Gasteiger partial charge >= 0.3 is 0 Å². The second-order valence-electron chi connectivity index (χ2n) is 5.48. The number of aromatic amines is 1. The monoisotopic (exact) mass is 294 g/mol. The smallest absolute Gasteiger partial charge is 0.139 e. The highest BCUT2D eigenvalue weighted by Crippen LogP contribution is 2.34. The summed E-state index contributed by atoms with van der Waals surface area (Å²) >= 11 is 0. The van der Waals surface area contributed by atoms with Crippen molar-refractivity contribution >= 4 is 16.7 Å². The van der Waals surface area contributed by atoms with Gasteiger partial charge in [0, 0.05) is 54.2 Å². The molecule has 4 rings (SSSR count). The van der Waals surface area contributed by atoms with Crippen LogP contribution in [0.5, 0.6) is 0 Å². The lowest BCUT2D eigenvalue weighted by molar-refractivity contribution is 0.724. The highest BCUT2D eigenvalue weighted by Gasteiger charge is 2.17. The van der Waals surface area contributed by atoms with Gasteiger partial charge in [-0.3, -0.25) is 0 Å². The summed E-state index contributed by atoms with van der Waals surface area (Å²) in [7, 11) is 0. The molecule has 0 spiro atoms. The summed E-state index contributed by atoms with van der Waals surface area (Å²) in [4.78, 5) is 10.2. The van der Waals surface area contributed by atoms with Crippen LogP contribution in [0.2, 0.25) is 0 Å². The molecule has 0 bridgehead atoms. The molecule has 0 unspecified atom stereocenters. The van der Waals surface area contributed by atoms with Crippen molar-refractivity contribution in [1.82, 2.24) is 25.5 Å². The number of rotatable bonds is 2. The molecular weight excluding hydrogens is 276 g/mol. The number of hydrogen-bond acceptors (Lipinski definition) is 5. The van der Waals surface area contributed by atoms with Crippen molar-refractivity contribution in [3.8, 4) is 11.1 Å². The molecule has 6 heteroatoms. The molecule has 2 N–H and O–H groups in total. The summed E-state index contributed by atoms with van der Waals surface area (Å²) in [6, 6.07) is 4.09. The average molecular weight is 294 g/mol. The third-order valence-electron chi connectivity index (χ3n) is 4.13. The van der Waals surface area contributed by atoms with E-state index in [1.54, 1.807) is 12.4 Å². The van der Waals surface area contributed by atoms with Crippen molar-refractivity contribution in [3.05, 3.63) is 36.9 Å². The third-order valence-corrected chi connectivity index (χ3v) is 4.13. The molecule has 1 saturated heterocycles. The minimum atomic E-state index is 0.918. The number of aromatic nitrogens is 4. The number of H-pyrrole nitrogens is 1. The first-order valence-corrected chi connectivity index (χ1v) is 7.62. The summed E-state index contributed by atoms with van der Waals surface area (Å²) in [5.41, 5.74) is 4.34. The van der Waals surface area contributed by atoms with Crippen LogP contribution < -0.4 is 10.2 Å². The molecule has 0 saturated carbocycles. The molecule has 3 aromatic rings. The molecule has 0 aliphatic carbocycles. The first kappa shape index (κ1) is 13.2. The van der Waals surface area contributed by atoms with Crippen molar-refractivity contribution in [1.29, 1.82) is 0 Å². The molecule has 22 heavy (non-hydrogen) atoms. The SMILES string of the molecule is c1cc(-c2c[nH]c3nccc(N4CCCNCC4)c23)cnn1. The quantitative estimate of drug-likeness (QED) is 0.754. The highest BCUT2D eigenvalue weighted by molar-refractivity contribution is 6.02. The topological polar surface area (TPSA) is 69.7 Å². The van der Waals surface area contributed by atoms with Gasteiger partial charge in [0.05, 0.1) is 12.4 Å². The van der Waals surface area contributed by atoms with E-state index in [2.05, 4.69) is 36.4 Å². The van der Waals surface area contributed by atoms with Crippen LogP contribution >= 0.6 is 0 Å². The normalized spacial score (nSPS) is 15.9. The second kappa shape index (κ2) is 5.73. The van der Waals surface area contributed by atoms with E-state index in [4.69, 9.17) is 0 Å². The molecule has 1 aliphatic rings. The average Bonchev–Trinajstić information content (AvgIpc) is 2.82. The molecule has 1 aliphatic heterocycles. The highest BCUT2D eigenvalue weighted by atomic mass is 15.2. The van der Waals surface area contributed by atoms with E-state index >= 15 is 0 Å². The van der Waals surface area contributed by atoms with Crippen molar-refractivity contribution in [2.45, 2.75) is 6.42 Å². The van der Waals surface area contributed by atoms with Crippen molar-refractivity contribution < 1.29 is 0 Å². The zero-order valence-electron chi connectivity index (χ0n) is 12.3. The maximum Gasteiger partial charge on any atom is 0.139 e. The fourth-order valence-electron chi connectivity index (χ4n) is 3.07. The van der Waals surface area contributed by atoms with E-state index < -0.39 is 0 Å². The number of anilines is 1. The van der Waals surface area contributed by atoms with E-state index in [0.29, 0.717) is 0 Å². The Labute approximate surface area is 128 Å². The van der Waals surface area contributed by atoms with E-state index in [9.17, 15) is 0 Å². The summed E-state index contributed by atoms with van der Waals surface area (Å²) in [5, 5.41) is 12.5. The Morgan fingerprint density at radius 3 is 2.95 bits per heavy atom. The Morgan fingerprint density at radius 2 is 2.05 bits per heavy atom. The van der Waals surface area contributed by atoms with E-state index in [1.807, 2.05) is 18.5 Å². The van der Waals surface area contributed by atoms with Crippen LogP contribution in [-0.2, 0) is 0 Å². The lowest BCUT2D eigenvalue weighted by Gasteiger charge is -2.23. The maximum atomic E-state index is 4.47. The van der Waals surface area contributed by atoms with Crippen LogP contribution in [0.15, 0.2) is 36.9 Å². The molecule has 6 nitrogen and oxygen atoms in total. The maximum absolute atomic E-state index is 4.47. The van der Waals surface area contributed by atoms with Gasteiger partial charge in [-0.05, 0) is 25.1 Å². The predicted octanol–water partition coefficient (Wildman–Crippen LogP) is 1.82. The lowest BCUT2D eigenvalue weighted by Crippen LogP contribution is -2.28. The van der Waals surface area contributed by atoms with Gasteiger partial charge < -0.3 is 15.2 Å². The van der Waals surface area contributed by atoms with Gasteiger partial charge in [-0.25, -0.2) is 4.98 Å². The molecule has 112 valence electrons. The minimum absolute atomic E-state index is 0.918. The van der Waals surface area contributed by atoms with Crippen LogP contribution in [0, 0.1) is 0 Å². The third kappa shape index (κ3) is 2.31. The van der Waals surface area contributed by atoms with E-state index in [1.165, 1.54) is 5.69 Å². The predicted molar refractivity (Wildman–Crippen MR) is 86.8 cm³/mol. The van der Waals surface area contributed by atoms with Crippen molar-refractivity contribution in [3.63, 3.8) is 0 Å². The van der Waals surface area contributed by atoms with Gasteiger partial charge in [0.1, 0.15) is 5.65 Å². The van der Waals surface area contributed by atoms with Gasteiger partial charge in [0.25, 0.3) is 0 Å². The number of nitrogens with one attached hydrogen (secondary N) is 2. The molecular formula is C16H18N6. The number of fused-ring (bicyclic) bond motifs is 1. The standard InChI is InChI=1S/C16H18N6/c1-4-17-7-9-22(8-1)14-3-5-18-16-15(14)13(11-19-16)12-2-6-20-21-10-12/h2-3,5-6,10-11,17H,1,4,7-9H2,(H,18,19). The van der Waals surface area contributed by atoms with Crippen LogP contribution in [0.3, 0.4) is 0 Å². The molecule has 1 fully saturated rings. The summed E-state index contributed by atoms with van der Waals surface area (Å²) in [6.07, 6.45) is 8.55. The van der Waals surface area contributed by atoms with Crippen LogP contribution in [0.25, 0.3) is 22.2 Å². The first-order valence-electron chi connectivity index (χ1n) is 7.62. The van der Waals surface area contributed by atoms with Gasteiger partial charge in [-0.1, -0.05) is 0 Å². The van der Waals surface area contributed by atoms with Gasteiger partial charge in [-0.2, -0.15) is 10.2 Å². The number of nitrogens with zero attached hydrogens (tertiary/aromatic N) is 4. The Kier molecular flexibility index (Phi) is 3.44. The van der Waals surface area contributed by atoms with Crippen molar-refractivity contribution in [2.24, 2.45) is 0 Å². The number of pyridine rings is 1. The molecule has 0 radical (unpaired) electrons. The zero-order valence-corrected chi connectivity index (χ0v) is 12.3. The van der Waals surface area contributed by atoms with Crippen molar-refractivity contribution in [2.75, 3.05) is 31.1 Å². The summed E-state index contributed by atoms with van der Waals surface area (Å²) in [6.45, 7) is 4.17. The molecule has 0 amide bonds. The first-order chi connectivity index (χ1) is 10.9. The zero-order chi connectivity index (χ0) is 14.8. The van der Waals surface area contributed by atoms with E-state index in [0.717, 1.165) is 54.8 Å². The Hall–Kier alpha value is -2.47. The van der Waals surface area contributed by atoms with Crippen LogP contribution in [0.4, 0.5) is 5.69 Å². The number of hydrogen-bond donors (Lipinski definition) is 2. The summed E-state index contributed by atoms with van der Waals surface area (Å²) in [5.74, 6) is 0. The van der Waals surface area contributed by atoms with E-state index in [-0.39, 0.29) is 0 Å². The van der Waals surface area contributed by atoms with Crippen LogP contribution in [-0.4, -0.2) is 46.3 Å². The second-order valence-corrected chi connectivity index (χ2v) is 5.48.